The number of benzene rings is 2. The number of anilines is 1. The number of ether oxygens (including phenoxy) is 1. The van der Waals surface area contributed by atoms with Gasteiger partial charge in [-0.25, -0.2) is 0 Å². The van der Waals surface area contributed by atoms with Crippen LogP contribution in [0.3, 0.4) is 0 Å². The molecule has 33 heavy (non-hydrogen) atoms. The third kappa shape index (κ3) is 4.62. The van der Waals surface area contributed by atoms with Crippen molar-refractivity contribution in [2.45, 2.75) is 32.7 Å². The highest BCUT2D eigenvalue weighted by Gasteiger charge is 2.48. The number of aliphatic hydroxyl groups is 1. The van der Waals surface area contributed by atoms with E-state index in [1.54, 1.807) is 55.5 Å². The second-order valence-electron chi connectivity index (χ2n) is 7.55. The summed E-state index contributed by atoms with van der Waals surface area (Å²) in [7, 11) is 0. The van der Waals surface area contributed by atoms with E-state index in [9.17, 15) is 14.7 Å². The zero-order valence-electron chi connectivity index (χ0n) is 18.1. The maximum atomic E-state index is 13.1. The van der Waals surface area contributed by atoms with Crippen molar-refractivity contribution in [1.29, 1.82) is 0 Å². The molecule has 1 unspecified atom stereocenters. The maximum absolute atomic E-state index is 13.1. The molecule has 7 nitrogen and oxygen atoms in total. The van der Waals surface area contributed by atoms with Crippen LogP contribution in [0.15, 0.2) is 54.1 Å². The number of aromatic nitrogens is 2. The number of nitrogens with zero attached hydrogens (tertiary/aromatic N) is 3. The van der Waals surface area contributed by atoms with Crippen LogP contribution in [0.25, 0.3) is 5.76 Å². The average Bonchev–Trinajstić information content (AvgIpc) is 3.34. The molecule has 0 saturated carbocycles. The van der Waals surface area contributed by atoms with Gasteiger partial charge in [-0.3, -0.25) is 14.5 Å². The van der Waals surface area contributed by atoms with Crippen molar-refractivity contribution in [2.24, 2.45) is 0 Å². The van der Waals surface area contributed by atoms with Gasteiger partial charge in [0.25, 0.3) is 5.78 Å². The van der Waals surface area contributed by atoms with Gasteiger partial charge >= 0.3 is 5.91 Å². The standard InChI is InChI=1S/C24H22ClN3O4S/c1-3-4-12-32-18-10-8-15(9-11-18)21(29)19-20(16-6-5-7-17(25)13-16)28(23(31)22(19)30)24-27-26-14(2)33-24/h5-11,13,20,29H,3-4,12H2,1-2H3. The number of Topliss-reactive ketones (excluding diaryl/α,β-unsaturated/α-hetero) is 1. The number of ketones is 1. The molecule has 1 fully saturated rings. The summed E-state index contributed by atoms with van der Waals surface area (Å²) in [5, 5.41) is 20.6. The normalized spacial score (nSPS) is 17.5. The highest BCUT2D eigenvalue weighted by Crippen LogP contribution is 2.43. The summed E-state index contributed by atoms with van der Waals surface area (Å²) >= 11 is 7.39. The lowest BCUT2D eigenvalue weighted by Crippen LogP contribution is -2.29. The van der Waals surface area contributed by atoms with E-state index in [1.165, 1.54) is 16.2 Å². The van der Waals surface area contributed by atoms with Gasteiger partial charge in [-0.2, -0.15) is 0 Å². The Labute approximate surface area is 200 Å². The zero-order chi connectivity index (χ0) is 23.5. The predicted octanol–water partition coefficient (Wildman–Crippen LogP) is 5.31. The van der Waals surface area contributed by atoms with E-state index in [1.807, 2.05) is 0 Å². The lowest BCUT2D eigenvalue weighted by molar-refractivity contribution is -0.132. The Hall–Kier alpha value is -3.23. The summed E-state index contributed by atoms with van der Waals surface area (Å²) in [5.74, 6) is -1.19. The number of hydrogen-bond donors (Lipinski definition) is 1. The van der Waals surface area contributed by atoms with Crippen LogP contribution in [-0.4, -0.2) is 33.6 Å². The fraction of sp³-hybridized carbons (Fsp3) is 0.250. The number of rotatable bonds is 7. The van der Waals surface area contributed by atoms with Crippen molar-refractivity contribution in [1.82, 2.24) is 10.2 Å². The molecular formula is C24H22ClN3O4S. The van der Waals surface area contributed by atoms with Gasteiger partial charge in [0, 0.05) is 10.6 Å². The molecule has 0 bridgehead atoms. The van der Waals surface area contributed by atoms with Gasteiger partial charge in [-0.05, 0) is 55.3 Å². The second-order valence-corrected chi connectivity index (χ2v) is 9.15. The first-order valence-electron chi connectivity index (χ1n) is 10.5. The van der Waals surface area contributed by atoms with E-state index < -0.39 is 17.7 Å². The molecule has 9 heteroatoms. The number of amides is 1. The summed E-state index contributed by atoms with van der Waals surface area (Å²) in [6, 6.07) is 12.7. The van der Waals surface area contributed by atoms with Crippen LogP contribution in [0.2, 0.25) is 5.02 Å². The van der Waals surface area contributed by atoms with Crippen LogP contribution < -0.4 is 9.64 Å². The zero-order valence-corrected chi connectivity index (χ0v) is 19.7. The molecule has 1 aromatic heterocycles. The summed E-state index contributed by atoms with van der Waals surface area (Å²) in [5.41, 5.74) is 0.946. The van der Waals surface area contributed by atoms with Crippen LogP contribution in [-0.2, 0) is 9.59 Å². The number of carbonyl (C=O) groups is 2. The van der Waals surface area contributed by atoms with Gasteiger partial charge in [0.15, 0.2) is 0 Å². The van der Waals surface area contributed by atoms with Crippen LogP contribution in [0.1, 0.15) is 41.9 Å². The first-order chi connectivity index (χ1) is 15.9. The Bertz CT molecular complexity index is 1220. The predicted molar refractivity (Wildman–Crippen MR) is 128 cm³/mol. The van der Waals surface area contributed by atoms with E-state index in [4.69, 9.17) is 16.3 Å². The van der Waals surface area contributed by atoms with E-state index in [-0.39, 0.29) is 16.5 Å². The minimum Gasteiger partial charge on any atom is -0.507 e. The number of aliphatic hydroxyl groups excluding tert-OH is 1. The van der Waals surface area contributed by atoms with Crippen molar-refractivity contribution in [3.8, 4) is 5.75 Å². The van der Waals surface area contributed by atoms with Crippen molar-refractivity contribution < 1.29 is 19.4 Å². The minimum atomic E-state index is -0.892. The van der Waals surface area contributed by atoms with Crippen LogP contribution in [0, 0.1) is 6.92 Å². The molecule has 0 spiro atoms. The molecular weight excluding hydrogens is 462 g/mol. The van der Waals surface area contributed by atoms with Gasteiger partial charge in [-0.15, -0.1) is 10.2 Å². The largest absolute Gasteiger partial charge is 0.507 e. The second kappa shape index (κ2) is 9.72. The Morgan fingerprint density at radius 2 is 1.94 bits per heavy atom. The molecule has 4 rings (SSSR count). The summed E-state index contributed by atoms with van der Waals surface area (Å²) in [6.45, 7) is 4.44. The molecule has 0 radical (unpaired) electrons. The summed E-state index contributed by atoms with van der Waals surface area (Å²) in [4.78, 5) is 27.4. The highest BCUT2D eigenvalue weighted by molar-refractivity contribution is 7.15. The molecule has 1 N–H and O–H groups in total. The highest BCUT2D eigenvalue weighted by atomic mass is 35.5. The van der Waals surface area contributed by atoms with Crippen molar-refractivity contribution in [3.05, 3.63) is 75.3 Å². The fourth-order valence-corrected chi connectivity index (χ4v) is 4.52. The van der Waals surface area contributed by atoms with Crippen molar-refractivity contribution in [2.75, 3.05) is 11.5 Å². The maximum Gasteiger partial charge on any atom is 0.301 e. The van der Waals surface area contributed by atoms with Gasteiger partial charge < -0.3 is 9.84 Å². The van der Waals surface area contributed by atoms with E-state index in [0.717, 1.165) is 12.8 Å². The molecule has 1 aliphatic heterocycles. The first-order valence-corrected chi connectivity index (χ1v) is 11.7. The van der Waals surface area contributed by atoms with Crippen molar-refractivity contribution in [3.63, 3.8) is 0 Å². The molecule has 2 heterocycles. The Morgan fingerprint density at radius 3 is 2.58 bits per heavy atom. The van der Waals surface area contributed by atoms with Gasteiger partial charge in [0.1, 0.15) is 16.5 Å². The molecule has 170 valence electrons. The first kappa shape index (κ1) is 22.9. The van der Waals surface area contributed by atoms with Gasteiger partial charge in [0.05, 0.1) is 18.2 Å². The molecule has 3 aromatic rings. The number of unbranched alkanes of at least 4 members (excludes halogenated alkanes) is 1. The molecule has 1 amide bonds. The van der Waals surface area contributed by atoms with Crippen LogP contribution in [0.5, 0.6) is 5.75 Å². The number of carbonyl (C=O) groups excluding carboxylic acids is 2. The quantitative estimate of drug-likeness (QED) is 0.212. The summed E-state index contributed by atoms with van der Waals surface area (Å²) in [6.07, 6.45) is 1.96. The molecule has 1 saturated heterocycles. The number of aryl methyl sites for hydroxylation is 1. The van der Waals surface area contributed by atoms with Crippen molar-refractivity contribution >= 4 is 45.5 Å². The molecule has 2 aromatic carbocycles. The van der Waals surface area contributed by atoms with Crippen LogP contribution >= 0.6 is 22.9 Å². The molecule has 1 atom stereocenters. The van der Waals surface area contributed by atoms with Gasteiger partial charge in [0.2, 0.25) is 5.13 Å². The third-order valence-electron chi connectivity index (χ3n) is 5.22. The SMILES string of the molecule is CCCCOc1ccc(C(O)=C2C(=O)C(=O)N(c3nnc(C)s3)C2c2cccc(Cl)c2)cc1. The molecule has 1 aliphatic rings. The Balaban J connectivity index is 1.79. The number of hydrogen-bond acceptors (Lipinski definition) is 7. The topological polar surface area (TPSA) is 92.6 Å². The monoisotopic (exact) mass is 483 g/mol. The lowest BCUT2D eigenvalue weighted by Gasteiger charge is -2.22. The van der Waals surface area contributed by atoms with Crippen LogP contribution in [0.4, 0.5) is 5.13 Å². The summed E-state index contributed by atoms with van der Waals surface area (Å²) < 4.78 is 5.67. The third-order valence-corrected chi connectivity index (χ3v) is 6.30. The Kier molecular flexibility index (Phi) is 6.76. The smallest absolute Gasteiger partial charge is 0.301 e. The number of halogens is 1. The lowest BCUT2D eigenvalue weighted by atomic mass is 9.95. The Morgan fingerprint density at radius 1 is 1.18 bits per heavy atom. The van der Waals surface area contributed by atoms with E-state index in [2.05, 4.69) is 17.1 Å². The average molecular weight is 484 g/mol. The molecule has 0 aliphatic carbocycles. The van der Waals surface area contributed by atoms with Gasteiger partial charge in [-0.1, -0.05) is 48.4 Å². The van der Waals surface area contributed by atoms with E-state index >= 15 is 0 Å². The minimum absolute atomic E-state index is 0.0326. The van der Waals surface area contributed by atoms with E-state index in [0.29, 0.717) is 33.5 Å². The fourth-order valence-electron chi connectivity index (χ4n) is 3.60.